The number of rotatable bonds is 5. The van der Waals surface area contributed by atoms with Crippen LogP contribution in [0.2, 0.25) is 0 Å². The van der Waals surface area contributed by atoms with Crippen molar-refractivity contribution in [3.63, 3.8) is 0 Å². The third-order valence-corrected chi connectivity index (χ3v) is 7.60. The van der Waals surface area contributed by atoms with Gasteiger partial charge in [0, 0.05) is 11.8 Å². The number of carbonyl (C=O) groups is 2. The van der Waals surface area contributed by atoms with Gasteiger partial charge in [0.25, 0.3) is 0 Å². The van der Waals surface area contributed by atoms with Crippen LogP contribution in [0.4, 0.5) is 4.79 Å². The first-order valence-electron chi connectivity index (χ1n) is 10.6. The van der Waals surface area contributed by atoms with E-state index in [4.69, 9.17) is 9.47 Å². The summed E-state index contributed by atoms with van der Waals surface area (Å²) in [4.78, 5) is 26.6. The Bertz CT molecular complexity index is 636. The molecular formula is C21H37NO8. The minimum Gasteiger partial charge on any atom is -0.445 e. The lowest BCUT2D eigenvalue weighted by atomic mass is 9.67. The van der Waals surface area contributed by atoms with Gasteiger partial charge in [-0.15, -0.1) is 0 Å². The minimum absolute atomic E-state index is 0.0134. The van der Waals surface area contributed by atoms with E-state index < -0.39 is 55.4 Å². The highest BCUT2D eigenvalue weighted by atomic mass is 16.6. The Balaban J connectivity index is 2.31. The van der Waals surface area contributed by atoms with Crippen molar-refractivity contribution in [2.75, 3.05) is 6.61 Å². The fourth-order valence-electron chi connectivity index (χ4n) is 4.42. The quantitative estimate of drug-likeness (QED) is 0.506. The van der Waals surface area contributed by atoms with Gasteiger partial charge >= 0.3 is 6.09 Å². The van der Waals surface area contributed by atoms with Crippen molar-refractivity contribution >= 4 is 12.0 Å². The second kappa shape index (κ2) is 9.08. The van der Waals surface area contributed by atoms with E-state index in [1.165, 1.54) is 0 Å². The van der Waals surface area contributed by atoms with E-state index in [0.717, 1.165) is 0 Å². The zero-order chi connectivity index (χ0) is 23.0. The predicted octanol–water partition coefficient (Wildman–Crippen LogP) is 1.01. The number of hydrogen-bond donors (Lipinski definition) is 4. The summed E-state index contributed by atoms with van der Waals surface area (Å²) in [5.41, 5.74) is -0.489. The van der Waals surface area contributed by atoms with Crippen molar-refractivity contribution in [2.24, 2.45) is 16.7 Å². The molecule has 0 aromatic heterocycles. The number of imide groups is 1. The molecule has 0 aromatic carbocycles. The smallest absolute Gasteiger partial charge is 0.417 e. The third kappa shape index (κ3) is 4.23. The maximum absolute atomic E-state index is 13.1. The number of nitrogens with zero attached hydrogens (tertiary/aromatic N) is 1. The van der Waals surface area contributed by atoms with E-state index in [0.29, 0.717) is 17.7 Å². The second-order valence-electron chi connectivity index (χ2n) is 9.69. The molecule has 174 valence electrons. The molecule has 1 aliphatic heterocycles. The molecule has 1 aliphatic carbocycles. The van der Waals surface area contributed by atoms with Crippen LogP contribution in [0, 0.1) is 16.7 Å². The van der Waals surface area contributed by atoms with Gasteiger partial charge in [-0.25, -0.2) is 9.69 Å². The van der Waals surface area contributed by atoms with Gasteiger partial charge in [0.1, 0.15) is 30.5 Å². The van der Waals surface area contributed by atoms with Gasteiger partial charge in [-0.05, 0) is 24.2 Å². The van der Waals surface area contributed by atoms with Crippen LogP contribution in [0.25, 0.3) is 0 Å². The van der Waals surface area contributed by atoms with Crippen molar-refractivity contribution in [3.05, 3.63) is 0 Å². The third-order valence-electron chi connectivity index (χ3n) is 7.60. The summed E-state index contributed by atoms with van der Waals surface area (Å²) < 4.78 is 10.9. The number of aliphatic hydroxyl groups is 4. The molecule has 2 fully saturated rings. The Morgan fingerprint density at radius 3 is 2.17 bits per heavy atom. The summed E-state index contributed by atoms with van der Waals surface area (Å²) in [7, 11) is 0. The molecule has 0 bridgehead atoms. The molecule has 4 N–H and O–H groups in total. The highest BCUT2D eigenvalue weighted by Gasteiger charge is 2.56. The van der Waals surface area contributed by atoms with Gasteiger partial charge in [-0.2, -0.15) is 0 Å². The second-order valence-corrected chi connectivity index (χ2v) is 9.69. The van der Waals surface area contributed by atoms with Crippen LogP contribution in [-0.4, -0.2) is 80.7 Å². The molecule has 2 amide bonds. The highest BCUT2D eigenvalue weighted by molar-refractivity contribution is 5.92. The zero-order valence-electron chi connectivity index (χ0n) is 18.7. The number of amides is 2. The van der Waals surface area contributed by atoms with Crippen LogP contribution in [0.15, 0.2) is 0 Å². The monoisotopic (exact) mass is 431 g/mol. The van der Waals surface area contributed by atoms with Crippen molar-refractivity contribution in [3.8, 4) is 0 Å². The van der Waals surface area contributed by atoms with Crippen LogP contribution in [0.3, 0.4) is 0 Å². The largest absolute Gasteiger partial charge is 0.445 e. The predicted molar refractivity (Wildman–Crippen MR) is 107 cm³/mol. The maximum atomic E-state index is 13.1. The minimum atomic E-state index is -1.78. The van der Waals surface area contributed by atoms with Crippen LogP contribution in [0.1, 0.15) is 60.8 Å². The Kier molecular flexibility index (Phi) is 7.57. The number of hydrogen-bond acceptors (Lipinski definition) is 8. The summed E-state index contributed by atoms with van der Waals surface area (Å²) in [6.07, 6.45) is -6.73. The molecule has 9 nitrogen and oxygen atoms in total. The molecule has 2 aliphatic rings. The van der Waals surface area contributed by atoms with Crippen LogP contribution in [-0.2, 0) is 14.3 Å². The Morgan fingerprint density at radius 2 is 1.70 bits per heavy atom. The molecule has 30 heavy (non-hydrogen) atoms. The Labute approximate surface area is 178 Å². The molecule has 1 saturated carbocycles. The lowest BCUT2D eigenvalue weighted by Gasteiger charge is -2.44. The van der Waals surface area contributed by atoms with Crippen LogP contribution < -0.4 is 0 Å². The van der Waals surface area contributed by atoms with E-state index in [2.05, 4.69) is 20.8 Å². The summed E-state index contributed by atoms with van der Waals surface area (Å²) in [5, 5.41) is 40.4. The molecule has 9 heteroatoms. The van der Waals surface area contributed by atoms with Gasteiger partial charge in [-0.1, -0.05) is 41.5 Å². The molecule has 2 rings (SSSR count). The fraction of sp³-hybridized carbons (Fsp3) is 0.905. The van der Waals surface area contributed by atoms with E-state index in [1.807, 2.05) is 13.8 Å². The number of carbonyl (C=O) groups excluding carboxylic acids is 2. The average molecular weight is 432 g/mol. The van der Waals surface area contributed by atoms with Gasteiger partial charge in [0.2, 0.25) is 5.91 Å². The highest BCUT2D eigenvalue weighted by Crippen LogP contribution is 2.56. The van der Waals surface area contributed by atoms with Gasteiger partial charge in [-0.3, -0.25) is 4.79 Å². The van der Waals surface area contributed by atoms with Gasteiger partial charge in [0.15, 0.2) is 6.29 Å². The summed E-state index contributed by atoms with van der Waals surface area (Å²) in [6.45, 7) is 11.4. The average Bonchev–Trinajstić information content (AvgIpc) is 2.80. The van der Waals surface area contributed by atoms with Crippen molar-refractivity contribution in [1.29, 1.82) is 0 Å². The van der Waals surface area contributed by atoms with Gasteiger partial charge in [0.05, 0.1) is 6.61 Å². The normalized spacial score (nSPS) is 37.6. The fourth-order valence-corrected chi connectivity index (χ4v) is 4.42. The maximum Gasteiger partial charge on any atom is 0.417 e. The zero-order valence-corrected chi connectivity index (χ0v) is 18.7. The SMILES string of the molecule is CCCC(=O)N(C(=O)O[C@@H]1CC(C)C(C)(C)C1(C)C)[C@H]1C(O)O[C@H](CO)[C@@H](O)[C@@H]1O. The van der Waals surface area contributed by atoms with E-state index >= 15 is 0 Å². The lowest BCUT2D eigenvalue weighted by Crippen LogP contribution is -2.66. The molecule has 1 saturated heterocycles. The molecule has 0 radical (unpaired) electrons. The standard InChI is InChI=1S/C21H37NO8/c1-7-8-14(24)22(15-17(26)16(25)12(10-23)29-18(15)27)19(28)30-13-9-11(2)20(3,4)21(13,5)6/h11-13,15-18,23,25-27H,7-10H2,1-6H3/t11?,12-,13-,15-,16-,17-,18?/m1/s1. The van der Waals surface area contributed by atoms with E-state index in [9.17, 15) is 30.0 Å². The van der Waals surface area contributed by atoms with Crippen LogP contribution >= 0.6 is 0 Å². The molecular weight excluding hydrogens is 394 g/mol. The summed E-state index contributed by atoms with van der Waals surface area (Å²) in [5.74, 6) is -0.376. The first-order chi connectivity index (χ1) is 13.8. The molecule has 7 atom stereocenters. The first kappa shape index (κ1) is 25.0. The lowest BCUT2D eigenvalue weighted by molar-refractivity contribution is -0.267. The summed E-state index contributed by atoms with van der Waals surface area (Å²) in [6, 6.07) is -1.55. The molecule has 2 unspecified atom stereocenters. The number of ether oxygens (including phenoxy) is 2. The number of aliphatic hydroxyl groups excluding tert-OH is 4. The summed E-state index contributed by atoms with van der Waals surface area (Å²) >= 11 is 0. The van der Waals surface area contributed by atoms with Crippen LogP contribution in [0.5, 0.6) is 0 Å². The van der Waals surface area contributed by atoms with E-state index in [1.54, 1.807) is 6.92 Å². The van der Waals surface area contributed by atoms with Crippen molar-refractivity contribution in [1.82, 2.24) is 4.90 Å². The van der Waals surface area contributed by atoms with Crippen molar-refractivity contribution < 1.29 is 39.5 Å². The molecule has 0 spiro atoms. The molecule has 1 heterocycles. The topological polar surface area (TPSA) is 137 Å². The molecule has 0 aromatic rings. The Morgan fingerprint density at radius 1 is 1.10 bits per heavy atom. The Hall–Kier alpha value is -1.26. The van der Waals surface area contributed by atoms with E-state index in [-0.39, 0.29) is 23.2 Å². The van der Waals surface area contributed by atoms with Crippen molar-refractivity contribution in [2.45, 2.75) is 97.6 Å². The first-order valence-corrected chi connectivity index (χ1v) is 10.6. The van der Waals surface area contributed by atoms with Gasteiger partial charge < -0.3 is 29.9 Å².